The van der Waals surface area contributed by atoms with E-state index in [9.17, 15) is 0 Å². The van der Waals surface area contributed by atoms with Crippen molar-refractivity contribution >= 4 is 11.6 Å². The second-order valence-electron chi connectivity index (χ2n) is 7.71. The molecule has 8 nitrogen and oxygen atoms in total. The zero-order chi connectivity index (χ0) is 21.0. The van der Waals surface area contributed by atoms with Gasteiger partial charge < -0.3 is 9.09 Å². The first kappa shape index (κ1) is 19.0. The first-order valence-corrected chi connectivity index (χ1v) is 10.2. The van der Waals surface area contributed by atoms with Gasteiger partial charge in [0.15, 0.2) is 11.6 Å². The summed E-state index contributed by atoms with van der Waals surface area (Å²) in [6.45, 7) is 5.92. The number of nitrogens with zero attached hydrogens (tertiary/aromatic N) is 6. The largest absolute Gasteiger partial charge is 0.352 e. The molecule has 154 valence electrons. The van der Waals surface area contributed by atoms with E-state index in [4.69, 9.17) is 16.1 Å². The van der Waals surface area contributed by atoms with Crippen molar-refractivity contribution in [3.05, 3.63) is 75.7 Å². The van der Waals surface area contributed by atoms with Gasteiger partial charge in [0, 0.05) is 35.9 Å². The van der Waals surface area contributed by atoms with E-state index in [1.165, 1.54) is 11.3 Å². The number of halogens is 1. The van der Waals surface area contributed by atoms with E-state index in [1.807, 2.05) is 26.0 Å². The van der Waals surface area contributed by atoms with Crippen molar-refractivity contribution in [1.29, 1.82) is 0 Å². The van der Waals surface area contributed by atoms with Gasteiger partial charge in [-0.1, -0.05) is 28.9 Å². The Balaban J connectivity index is 1.70. The summed E-state index contributed by atoms with van der Waals surface area (Å²) in [6, 6.07) is 7.73. The Morgan fingerprint density at radius 3 is 2.60 bits per heavy atom. The highest BCUT2D eigenvalue weighted by Gasteiger charge is 2.35. The van der Waals surface area contributed by atoms with Gasteiger partial charge in [-0.15, -0.1) is 10.2 Å². The molecule has 0 spiro atoms. The van der Waals surface area contributed by atoms with E-state index in [0.717, 1.165) is 22.9 Å². The number of hydrogen-bond acceptors (Lipinski definition) is 6. The normalized spacial score (nSPS) is 18.2. The molecule has 2 atom stereocenters. The molecule has 0 saturated carbocycles. The van der Waals surface area contributed by atoms with E-state index in [0.29, 0.717) is 23.2 Å². The molecule has 1 aliphatic rings. The predicted molar refractivity (Wildman–Crippen MR) is 112 cm³/mol. The van der Waals surface area contributed by atoms with Crippen molar-refractivity contribution < 1.29 is 4.52 Å². The van der Waals surface area contributed by atoms with Crippen LogP contribution in [0.25, 0.3) is 5.69 Å². The Morgan fingerprint density at radius 1 is 1.13 bits per heavy atom. The summed E-state index contributed by atoms with van der Waals surface area (Å²) < 4.78 is 9.67. The molecular formula is C21H22ClN7O. The van der Waals surface area contributed by atoms with E-state index >= 15 is 0 Å². The molecule has 4 heterocycles. The molecule has 0 bridgehead atoms. The average molecular weight is 424 g/mol. The number of fused-ring (bicyclic) bond motifs is 3. The third kappa shape index (κ3) is 3.03. The molecule has 1 aromatic carbocycles. The number of aromatic nitrogens is 6. The molecule has 0 radical (unpaired) electrons. The lowest BCUT2D eigenvalue weighted by molar-refractivity contribution is 0.347. The highest BCUT2D eigenvalue weighted by atomic mass is 35.5. The van der Waals surface area contributed by atoms with Gasteiger partial charge in [0.25, 0.3) is 0 Å². The van der Waals surface area contributed by atoms with Crippen molar-refractivity contribution in [2.75, 3.05) is 0 Å². The Kier molecular flexibility index (Phi) is 4.48. The fraction of sp³-hybridized carbons (Fsp3) is 0.333. The lowest BCUT2D eigenvalue weighted by Gasteiger charge is -2.23. The van der Waals surface area contributed by atoms with Crippen LogP contribution in [0.2, 0.25) is 5.02 Å². The number of nitrogens with one attached hydrogen (secondary N) is 1. The topological polar surface area (TPSA) is 86.6 Å². The third-order valence-electron chi connectivity index (χ3n) is 5.72. The van der Waals surface area contributed by atoms with E-state index in [-0.39, 0.29) is 12.1 Å². The molecule has 30 heavy (non-hydrogen) atoms. The summed E-state index contributed by atoms with van der Waals surface area (Å²) in [5, 5.41) is 17.3. The third-order valence-corrected chi connectivity index (χ3v) is 5.97. The monoisotopic (exact) mass is 423 g/mol. The first-order chi connectivity index (χ1) is 14.4. The van der Waals surface area contributed by atoms with Crippen molar-refractivity contribution in [3.8, 4) is 5.69 Å². The van der Waals surface area contributed by atoms with E-state index < -0.39 is 0 Å². The van der Waals surface area contributed by atoms with Gasteiger partial charge in [-0.05, 0) is 38.5 Å². The van der Waals surface area contributed by atoms with E-state index in [2.05, 4.69) is 67.1 Å². The molecule has 0 amide bonds. The Hall–Kier alpha value is -2.97. The molecule has 1 N–H and O–H groups in total. The molecule has 5 rings (SSSR count). The minimum atomic E-state index is -0.163. The van der Waals surface area contributed by atoms with Gasteiger partial charge in [-0.2, -0.15) is 4.98 Å². The van der Waals surface area contributed by atoms with Crippen LogP contribution in [0.4, 0.5) is 0 Å². The summed E-state index contributed by atoms with van der Waals surface area (Å²) in [4.78, 5) is 4.40. The highest BCUT2D eigenvalue weighted by molar-refractivity contribution is 6.30. The van der Waals surface area contributed by atoms with Crippen LogP contribution < -0.4 is 5.32 Å². The second kappa shape index (κ2) is 7.07. The molecule has 0 fully saturated rings. The van der Waals surface area contributed by atoms with Crippen molar-refractivity contribution in [2.45, 2.75) is 39.3 Å². The first-order valence-electron chi connectivity index (χ1n) is 9.81. The number of hydrogen-bond donors (Lipinski definition) is 1. The van der Waals surface area contributed by atoms with Crippen molar-refractivity contribution in [3.63, 3.8) is 0 Å². The van der Waals surface area contributed by atoms with Crippen LogP contribution in [0.1, 0.15) is 52.3 Å². The lowest BCUT2D eigenvalue weighted by Crippen LogP contribution is -2.29. The zero-order valence-electron chi connectivity index (χ0n) is 17.2. The standard InChI is InChI=1S/C21H22ClN7O/c1-11-19-17(10-28(11)4)29-13(3)25-26-21(29)16(9-18-23-12(2)27-30-18)24-20(19)14-5-7-15(22)8-6-14/h5-8,10,16,20,24H,9H2,1-4H3. The smallest absolute Gasteiger partial charge is 0.228 e. The Morgan fingerprint density at radius 2 is 1.90 bits per heavy atom. The maximum absolute atomic E-state index is 6.16. The molecule has 1 aliphatic heterocycles. The molecule has 0 aliphatic carbocycles. The molecule has 2 unspecified atom stereocenters. The summed E-state index contributed by atoms with van der Waals surface area (Å²) in [7, 11) is 2.06. The maximum Gasteiger partial charge on any atom is 0.228 e. The van der Waals surface area contributed by atoms with Crippen LogP contribution in [0.3, 0.4) is 0 Å². The van der Waals surface area contributed by atoms with Crippen LogP contribution in [0.5, 0.6) is 0 Å². The van der Waals surface area contributed by atoms with Crippen molar-refractivity contribution in [2.24, 2.45) is 7.05 Å². The van der Waals surface area contributed by atoms with Crippen LogP contribution in [0, 0.1) is 20.8 Å². The van der Waals surface area contributed by atoms with Gasteiger partial charge in [0.05, 0.1) is 17.8 Å². The van der Waals surface area contributed by atoms with E-state index in [1.54, 1.807) is 0 Å². The van der Waals surface area contributed by atoms with Gasteiger partial charge in [0.2, 0.25) is 5.89 Å². The van der Waals surface area contributed by atoms with Crippen LogP contribution >= 0.6 is 11.6 Å². The minimum absolute atomic E-state index is 0.0615. The maximum atomic E-state index is 6.16. The summed E-state index contributed by atoms with van der Waals surface area (Å²) in [6.07, 6.45) is 2.65. The number of benzene rings is 1. The Labute approximate surface area is 178 Å². The van der Waals surface area contributed by atoms with Crippen LogP contribution in [-0.4, -0.2) is 29.5 Å². The molecule has 9 heteroatoms. The van der Waals surface area contributed by atoms with Gasteiger partial charge >= 0.3 is 0 Å². The average Bonchev–Trinajstić information content (AvgIpc) is 3.35. The molecule has 3 aromatic heterocycles. The van der Waals surface area contributed by atoms with Gasteiger partial charge in [-0.25, -0.2) is 0 Å². The summed E-state index contributed by atoms with van der Waals surface area (Å²) in [5.74, 6) is 2.84. The second-order valence-corrected chi connectivity index (χ2v) is 8.14. The quantitative estimate of drug-likeness (QED) is 0.542. The lowest BCUT2D eigenvalue weighted by atomic mass is 9.97. The fourth-order valence-corrected chi connectivity index (χ4v) is 4.31. The minimum Gasteiger partial charge on any atom is -0.352 e. The SMILES string of the molecule is Cc1noc(CC2NC(c3ccc(Cl)cc3)c3c(cn(C)c3C)-n3c(C)nnc32)n1. The molecule has 4 aromatic rings. The summed E-state index contributed by atoms with van der Waals surface area (Å²) in [5.41, 5.74) is 4.56. The number of rotatable bonds is 3. The Bertz CT molecular complexity index is 1220. The summed E-state index contributed by atoms with van der Waals surface area (Å²) >= 11 is 6.16. The predicted octanol–water partition coefficient (Wildman–Crippen LogP) is 3.54. The highest BCUT2D eigenvalue weighted by Crippen LogP contribution is 2.38. The van der Waals surface area contributed by atoms with Crippen LogP contribution in [0.15, 0.2) is 35.0 Å². The zero-order valence-corrected chi connectivity index (χ0v) is 18.0. The molecule has 0 saturated heterocycles. The number of aryl methyl sites for hydroxylation is 3. The van der Waals surface area contributed by atoms with Crippen LogP contribution in [-0.2, 0) is 13.5 Å². The van der Waals surface area contributed by atoms with Gasteiger partial charge in [-0.3, -0.25) is 9.88 Å². The van der Waals surface area contributed by atoms with Crippen molar-refractivity contribution in [1.82, 2.24) is 34.8 Å². The van der Waals surface area contributed by atoms with Gasteiger partial charge in [0.1, 0.15) is 5.82 Å². The molecular weight excluding hydrogens is 402 g/mol. The fourth-order valence-electron chi connectivity index (χ4n) is 4.19.